The molecule has 0 aliphatic heterocycles. The Morgan fingerprint density at radius 1 is 1.35 bits per heavy atom. The van der Waals surface area contributed by atoms with E-state index < -0.39 is 22.3 Å². The smallest absolute Gasteiger partial charge is 0.387 e. The Kier molecular flexibility index (Phi) is 8.70. The van der Waals surface area contributed by atoms with Crippen molar-refractivity contribution >= 4 is 15.8 Å². The van der Waals surface area contributed by atoms with Crippen LogP contribution in [0.25, 0.3) is 0 Å². The molecule has 1 rings (SSSR count). The van der Waals surface area contributed by atoms with Gasteiger partial charge in [0.05, 0.1) is 17.9 Å². The maximum atomic E-state index is 13.9. The van der Waals surface area contributed by atoms with Gasteiger partial charge in [-0.25, -0.2) is 17.8 Å². The molecular weight excluding hydrogens is 371 g/mol. The Hall–Kier alpha value is -1.97. The standard InChI is InChI=1S/C16H24F3N3O3S/c1-4-20-16(22-11(2)8-9-26(3,23)24)21-10-12-13(17)6-5-7-14(12)25-15(18)19/h5-7,11,15H,4,8-10H2,1-3H3,(H2,20,21,22). The molecule has 1 aromatic carbocycles. The second kappa shape index (κ2) is 10.2. The number of rotatable bonds is 9. The number of nitrogens with zero attached hydrogens (tertiary/aromatic N) is 1. The Morgan fingerprint density at radius 3 is 2.62 bits per heavy atom. The molecule has 0 heterocycles. The Labute approximate surface area is 151 Å². The minimum Gasteiger partial charge on any atom is -0.434 e. The summed E-state index contributed by atoms with van der Waals surface area (Å²) < 4.78 is 65.6. The van der Waals surface area contributed by atoms with E-state index in [4.69, 9.17) is 0 Å². The van der Waals surface area contributed by atoms with Crippen LogP contribution in [-0.4, -0.2) is 45.6 Å². The maximum absolute atomic E-state index is 13.9. The summed E-state index contributed by atoms with van der Waals surface area (Å²) >= 11 is 0. The van der Waals surface area contributed by atoms with Crippen molar-refractivity contribution in [1.82, 2.24) is 10.6 Å². The first-order valence-corrected chi connectivity index (χ1v) is 10.1. The fraction of sp³-hybridized carbons (Fsp3) is 0.562. The summed E-state index contributed by atoms with van der Waals surface area (Å²) in [6.07, 6.45) is 1.52. The van der Waals surface area contributed by atoms with Crippen LogP contribution < -0.4 is 15.4 Å². The van der Waals surface area contributed by atoms with E-state index in [1.54, 1.807) is 6.92 Å². The van der Waals surface area contributed by atoms with Crippen molar-refractivity contribution in [2.75, 3.05) is 18.6 Å². The SMILES string of the molecule is CCNC(=NCc1c(F)cccc1OC(F)F)NC(C)CCS(C)(=O)=O. The largest absolute Gasteiger partial charge is 0.434 e. The average Bonchev–Trinajstić information content (AvgIpc) is 2.51. The fourth-order valence-corrected chi connectivity index (χ4v) is 2.85. The number of hydrogen-bond donors (Lipinski definition) is 2. The highest BCUT2D eigenvalue weighted by atomic mass is 32.2. The molecule has 0 aliphatic rings. The lowest BCUT2D eigenvalue weighted by Crippen LogP contribution is -2.42. The molecule has 1 atom stereocenters. The third kappa shape index (κ3) is 8.41. The van der Waals surface area contributed by atoms with Crippen molar-refractivity contribution < 1.29 is 26.3 Å². The molecule has 0 aliphatic carbocycles. The highest BCUT2D eigenvalue weighted by Gasteiger charge is 2.14. The molecule has 1 aromatic rings. The summed E-state index contributed by atoms with van der Waals surface area (Å²) in [5.74, 6) is -0.641. The zero-order valence-electron chi connectivity index (χ0n) is 14.9. The van der Waals surface area contributed by atoms with Crippen molar-refractivity contribution in [3.8, 4) is 5.75 Å². The van der Waals surface area contributed by atoms with Gasteiger partial charge in [-0.15, -0.1) is 0 Å². The average molecular weight is 395 g/mol. The van der Waals surface area contributed by atoms with Gasteiger partial charge in [0, 0.05) is 18.8 Å². The molecule has 0 saturated heterocycles. The van der Waals surface area contributed by atoms with Crippen LogP contribution in [-0.2, 0) is 16.4 Å². The summed E-state index contributed by atoms with van der Waals surface area (Å²) in [5, 5.41) is 5.94. The van der Waals surface area contributed by atoms with Gasteiger partial charge in [0.15, 0.2) is 5.96 Å². The minimum absolute atomic E-state index is 0.0141. The van der Waals surface area contributed by atoms with Crippen molar-refractivity contribution in [2.45, 2.75) is 39.5 Å². The van der Waals surface area contributed by atoms with Gasteiger partial charge in [-0.05, 0) is 32.4 Å². The van der Waals surface area contributed by atoms with Crippen molar-refractivity contribution in [1.29, 1.82) is 0 Å². The summed E-state index contributed by atoms with van der Waals surface area (Å²) in [7, 11) is -3.08. The number of hydrogen-bond acceptors (Lipinski definition) is 4. The number of aliphatic imine (C=N–C) groups is 1. The minimum atomic E-state index is -3.08. The Morgan fingerprint density at radius 2 is 2.04 bits per heavy atom. The molecule has 2 N–H and O–H groups in total. The van der Waals surface area contributed by atoms with Gasteiger partial charge >= 0.3 is 6.61 Å². The number of ether oxygens (including phenoxy) is 1. The summed E-state index contributed by atoms with van der Waals surface area (Å²) in [6.45, 7) is 0.839. The molecule has 0 bridgehead atoms. The van der Waals surface area contributed by atoms with Gasteiger partial charge in [-0.3, -0.25) is 0 Å². The fourth-order valence-electron chi connectivity index (χ4n) is 2.07. The second-order valence-corrected chi connectivity index (χ2v) is 8.01. The first kappa shape index (κ1) is 22.1. The quantitative estimate of drug-likeness (QED) is 0.496. The van der Waals surface area contributed by atoms with Gasteiger partial charge in [-0.2, -0.15) is 8.78 Å². The Bertz CT molecular complexity index is 712. The zero-order valence-corrected chi connectivity index (χ0v) is 15.7. The first-order chi connectivity index (χ1) is 12.1. The van der Waals surface area contributed by atoms with E-state index in [0.717, 1.165) is 12.3 Å². The molecule has 0 amide bonds. The first-order valence-electron chi connectivity index (χ1n) is 8.07. The molecule has 0 aromatic heterocycles. The lowest BCUT2D eigenvalue weighted by atomic mass is 10.2. The lowest BCUT2D eigenvalue weighted by Gasteiger charge is -2.18. The van der Waals surface area contributed by atoms with Crippen LogP contribution in [0.4, 0.5) is 13.2 Å². The van der Waals surface area contributed by atoms with Gasteiger partial charge in [-0.1, -0.05) is 6.07 Å². The molecule has 148 valence electrons. The second-order valence-electron chi connectivity index (χ2n) is 5.75. The zero-order chi connectivity index (χ0) is 19.7. The summed E-state index contributed by atoms with van der Waals surface area (Å²) in [4.78, 5) is 4.18. The number of nitrogens with one attached hydrogen (secondary N) is 2. The predicted octanol–water partition coefficient (Wildman–Crippen LogP) is 2.31. The molecule has 0 radical (unpaired) electrons. The van der Waals surface area contributed by atoms with Crippen LogP contribution in [0.2, 0.25) is 0 Å². The third-order valence-corrected chi connectivity index (χ3v) is 4.31. The lowest BCUT2D eigenvalue weighted by molar-refractivity contribution is -0.0506. The van der Waals surface area contributed by atoms with E-state index in [-0.39, 0.29) is 29.7 Å². The molecule has 0 saturated carbocycles. The normalized spacial score (nSPS) is 13.6. The van der Waals surface area contributed by atoms with Crippen molar-refractivity contribution in [2.24, 2.45) is 4.99 Å². The van der Waals surface area contributed by atoms with E-state index in [2.05, 4.69) is 20.4 Å². The molecule has 0 fully saturated rings. The van der Waals surface area contributed by atoms with Crippen LogP contribution in [0.15, 0.2) is 23.2 Å². The van der Waals surface area contributed by atoms with Crippen molar-refractivity contribution in [3.05, 3.63) is 29.6 Å². The number of benzene rings is 1. The van der Waals surface area contributed by atoms with E-state index in [1.165, 1.54) is 12.1 Å². The topological polar surface area (TPSA) is 79.8 Å². The molecule has 6 nitrogen and oxygen atoms in total. The van der Waals surface area contributed by atoms with E-state index in [1.807, 2.05) is 6.92 Å². The van der Waals surface area contributed by atoms with E-state index in [0.29, 0.717) is 18.9 Å². The van der Waals surface area contributed by atoms with E-state index >= 15 is 0 Å². The summed E-state index contributed by atoms with van der Waals surface area (Å²) in [6, 6.07) is 3.45. The Balaban J connectivity index is 2.86. The van der Waals surface area contributed by atoms with Crippen LogP contribution in [0.5, 0.6) is 5.75 Å². The molecule has 1 unspecified atom stereocenters. The molecular formula is C16H24F3N3O3S. The summed E-state index contributed by atoms with van der Waals surface area (Å²) in [5.41, 5.74) is -0.0891. The highest BCUT2D eigenvalue weighted by molar-refractivity contribution is 7.90. The van der Waals surface area contributed by atoms with Crippen molar-refractivity contribution in [3.63, 3.8) is 0 Å². The molecule has 0 spiro atoms. The van der Waals surface area contributed by atoms with Gasteiger partial charge < -0.3 is 15.4 Å². The van der Waals surface area contributed by atoms with Gasteiger partial charge in [0.2, 0.25) is 0 Å². The number of halogens is 3. The maximum Gasteiger partial charge on any atom is 0.387 e. The number of alkyl halides is 2. The number of guanidine groups is 1. The highest BCUT2D eigenvalue weighted by Crippen LogP contribution is 2.24. The van der Waals surface area contributed by atoms with Crippen LogP contribution in [0, 0.1) is 5.82 Å². The van der Waals surface area contributed by atoms with Crippen LogP contribution in [0.1, 0.15) is 25.8 Å². The van der Waals surface area contributed by atoms with Gasteiger partial charge in [0.1, 0.15) is 21.4 Å². The third-order valence-electron chi connectivity index (χ3n) is 3.34. The number of sulfone groups is 1. The molecule has 26 heavy (non-hydrogen) atoms. The predicted molar refractivity (Wildman–Crippen MR) is 94.8 cm³/mol. The van der Waals surface area contributed by atoms with Crippen LogP contribution in [0.3, 0.4) is 0 Å². The monoisotopic (exact) mass is 395 g/mol. The van der Waals surface area contributed by atoms with Crippen LogP contribution >= 0.6 is 0 Å². The van der Waals surface area contributed by atoms with Gasteiger partial charge in [0.25, 0.3) is 0 Å². The molecule has 10 heteroatoms. The van der Waals surface area contributed by atoms with E-state index in [9.17, 15) is 21.6 Å².